The number of hydrogen-bond acceptors (Lipinski definition) is 2. The van der Waals surface area contributed by atoms with Crippen LogP contribution < -0.4 is 0 Å². The molecule has 0 saturated heterocycles. The normalized spacial score (nSPS) is 14.2. The van der Waals surface area contributed by atoms with Crippen LogP contribution in [0.3, 0.4) is 0 Å². The minimum atomic E-state index is -1.22. The zero-order chi connectivity index (χ0) is 12.1. The molecule has 2 nitrogen and oxygen atoms in total. The lowest BCUT2D eigenvalue weighted by molar-refractivity contribution is -0.0187. The summed E-state index contributed by atoms with van der Waals surface area (Å²) in [6.07, 6.45) is 0.391. The molecule has 0 saturated carbocycles. The van der Waals surface area contributed by atoms with E-state index in [1.807, 2.05) is 42.5 Å². The fourth-order valence-corrected chi connectivity index (χ4v) is 1.87. The van der Waals surface area contributed by atoms with Gasteiger partial charge >= 0.3 is 0 Å². The van der Waals surface area contributed by atoms with Crippen molar-refractivity contribution < 1.29 is 10.2 Å². The molecule has 0 fully saturated rings. The first-order chi connectivity index (χ1) is 8.24. The van der Waals surface area contributed by atoms with Crippen molar-refractivity contribution in [2.24, 2.45) is 0 Å². The van der Waals surface area contributed by atoms with Crippen molar-refractivity contribution >= 4 is 0 Å². The smallest absolute Gasteiger partial charge is 0.117 e. The summed E-state index contributed by atoms with van der Waals surface area (Å²) in [7, 11) is 0. The lowest BCUT2D eigenvalue weighted by atomic mass is 9.88. The van der Waals surface area contributed by atoms with E-state index in [0.717, 1.165) is 11.1 Å². The molecule has 2 rings (SSSR count). The molecule has 17 heavy (non-hydrogen) atoms. The molecule has 0 amide bonds. The molecule has 2 aromatic carbocycles. The van der Waals surface area contributed by atoms with E-state index >= 15 is 0 Å². The van der Waals surface area contributed by atoms with Gasteiger partial charge in [-0.3, -0.25) is 0 Å². The second-order valence-corrected chi connectivity index (χ2v) is 4.14. The van der Waals surface area contributed by atoms with Gasteiger partial charge in [0.2, 0.25) is 0 Å². The number of rotatable bonds is 4. The molecule has 0 aliphatic carbocycles. The van der Waals surface area contributed by atoms with Crippen molar-refractivity contribution in [3.05, 3.63) is 71.8 Å². The van der Waals surface area contributed by atoms with Gasteiger partial charge in [0.15, 0.2) is 0 Å². The Morgan fingerprint density at radius 3 is 2.24 bits per heavy atom. The Kier molecular flexibility index (Phi) is 3.57. The SMILES string of the molecule is OCC(O)(Cc1cc[c]cc1)c1ccccc1. The highest BCUT2D eigenvalue weighted by Crippen LogP contribution is 2.25. The quantitative estimate of drug-likeness (QED) is 0.837. The van der Waals surface area contributed by atoms with Crippen LogP contribution in [0.4, 0.5) is 0 Å². The third kappa shape index (κ3) is 2.73. The van der Waals surface area contributed by atoms with Crippen LogP contribution in [0.25, 0.3) is 0 Å². The third-order valence-corrected chi connectivity index (χ3v) is 2.86. The van der Waals surface area contributed by atoms with Crippen LogP contribution in [0.5, 0.6) is 0 Å². The predicted octanol–water partition coefficient (Wildman–Crippen LogP) is 1.91. The number of aliphatic hydroxyl groups is 2. The van der Waals surface area contributed by atoms with E-state index in [1.54, 1.807) is 12.1 Å². The van der Waals surface area contributed by atoms with Gasteiger partial charge in [0.1, 0.15) is 5.60 Å². The summed E-state index contributed by atoms with van der Waals surface area (Å²) in [5.41, 5.74) is 0.488. The Morgan fingerprint density at radius 2 is 1.65 bits per heavy atom. The maximum absolute atomic E-state index is 10.5. The van der Waals surface area contributed by atoms with Gasteiger partial charge in [0, 0.05) is 6.42 Å². The van der Waals surface area contributed by atoms with Gasteiger partial charge in [-0.15, -0.1) is 0 Å². The molecule has 1 unspecified atom stereocenters. The molecule has 2 N–H and O–H groups in total. The van der Waals surface area contributed by atoms with E-state index in [9.17, 15) is 10.2 Å². The van der Waals surface area contributed by atoms with Crippen LogP contribution >= 0.6 is 0 Å². The molecule has 0 bridgehead atoms. The lowest BCUT2D eigenvalue weighted by Crippen LogP contribution is -2.32. The molecule has 0 spiro atoms. The van der Waals surface area contributed by atoms with Crippen molar-refractivity contribution in [1.82, 2.24) is 0 Å². The molecule has 2 heteroatoms. The van der Waals surface area contributed by atoms with Crippen molar-refractivity contribution in [2.75, 3.05) is 6.61 Å². The molecule has 0 aliphatic rings. The minimum Gasteiger partial charge on any atom is -0.393 e. The first-order valence-corrected chi connectivity index (χ1v) is 5.58. The van der Waals surface area contributed by atoms with Crippen LogP contribution in [0, 0.1) is 6.07 Å². The Morgan fingerprint density at radius 1 is 1.00 bits per heavy atom. The second-order valence-electron chi connectivity index (χ2n) is 4.14. The predicted molar refractivity (Wildman–Crippen MR) is 66.4 cm³/mol. The summed E-state index contributed by atoms with van der Waals surface area (Å²) in [5.74, 6) is 0. The fourth-order valence-electron chi connectivity index (χ4n) is 1.87. The van der Waals surface area contributed by atoms with E-state index in [2.05, 4.69) is 6.07 Å². The Labute approximate surface area is 101 Å². The maximum Gasteiger partial charge on any atom is 0.117 e. The zero-order valence-corrected chi connectivity index (χ0v) is 9.50. The minimum absolute atomic E-state index is 0.296. The van der Waals surface area contributed by atoms with Gasteiger partial charge in [-0.2, -0.15) is 0 Å². The van der Waals surface area contributed by atoms with Crippen molar-refractivity contribution in [1.29, 1.82) is 0 Å². The number of benzene rings is 2. The van der Waals surface area contributed by atoms with E-state index < -0.39 is 5.60 Å². The van der Waals surface area contributed by atoms with E-state index in [4.69, 9.17) is 0 Å². The lowest BCUT2D eigenvalue weighted by Gasteiger charge is -2.26. The van der Waals surface area contributed by atoms with Crippen LogP contribution in [0.2, 0.25) is 0 Å². The van der Waals surface area contributed by atoms with Gasteiger partial charge in [0.25, 0.3) is 0 Å². The van der Waals surface area contributed by atoms with Gasteiger partial charge in [-0.05, 0) is 17.2 Å². The van der Waals surface area contributed by atoms with E-state index in [-0.39, 0.29) is 6.61 Å². The highest BCUT2D eigenvalue weighted by Gasteiger charge is 2.28. The molecule has 87 valence electrons. The number of hydrogen-bond donors (Lipinski definition) is 2. The van der Waals surface area contributed by atoms with Gasteiger partial charge in [0.05, 0.1) is 6.61 Å². The average molecular weight is 227 g/mol. The highest BCUT2D eigenvalue weighted by molar-refractivity contribution is 5.26. The summed E-state index contributed by atoms with van der Waals surface area (Å²) in [6.45, 7) is -0.296. The van der Waals surface area contributed by atoms with Crippen LogP contribution in [-0.4, -0.2) is 16.8 Å². The zero-order valence-electron chi connectivity index (χ0n) is 9.50. The van der Waals surface area contributed by atoms with Gasteiger partial charge in [-0.1, -0.05) is 54.6 Å². The fraction of sp³-hybridized carbons (Fsp3) is 0.200. The summed E-state index contributed by atoms with van der Waals surface area (Å²) in [6, 6.07) is 19.6. The Balaban J connectivity index is 2.27. The van der Waals surface area contributed by atoms with Crippen molar-refractivity contribution in [3.8, 4) is 0 Å². The summed E-state index contributed by atoms with van der Waals surface area (Å²) in [4.78, 5) is 0. The van der Waals surface area contributed by atoms with Crippen LogP contribution in [0.15, 0.2) is 54.6 Å². The Bertz CT molecular complexity index is 453. The van der Waals surface area contributed by atoms with Crippen molar-refractivity contribution in [2.45, 2.75) is 12.0 Å². The first kappa shape index (κ1) is 11.8. The summed E-state index contributed by atoms with van der Waals surface area (Å²) >= 11 is 0. The summed E-state index contributed by atoms with van der Waals surface area (Å²) in [5, 5.41) is 19.9. The van der Waals surface area contributed by atoms with Gasteiger partial charge < -0.3 is 10.2 Å². The topological polar surface area (TPSA) is 40.5 Å². The highest BCUT2D eigenvalue weighted by atomic mass is 16.3. The van der Waals surface area contributed by atoms with Crippen molar-refractivity contribution in [3.63, 3.8) is 0 Å². The second kappa shape index (κ2) is 5.13. The average Bonchev–Trinajstić information content (AvgIpc) is 2.41. The monoisotopic (exact) mass is 227 g/mol. The largest absolute Gasteiger partial charge is 0.393 e. The molecule has 1 radical (unpaired) electrons. The molecule has 0 aliphatic heterocycles. The first-order valence-electron chi connectivity index (χ1n) is 5.58. The van der Waals surface area contributed by atoms with Crippen LogP contribution in [-0.2, 0) is 12.0 Å². The maximum atomic E-state index is 10.5. The Hall–Kier alpha value is -1.64. The standard InChI is InChI=1S/C15H15O2/c16-12-15(17,14-9-5-2-6-10-14)11-13-7-3-1-4-8-13/h2-10,16-17H,11-12H2. The molecule has 2 aromatic rings. The van der Waals surface area contributed by atoms with Gasteiger partial charge in [-0.25, -0.2) is 0 Å². The third-order valence-electron chi connectivity index (χ3n) is 2.86. The van der Waals surface area contributed by atoms with Crippen LogP contribution in [0.1, 0.15) is 11.1 Å². The molecule has 1 atom stereocenters. The van der Waals surface area contributed by atoms with E-state index in [1.165, 1.54) is 0 Å². The summed E-state index contributed by atoms with van der Waals surface area (Å²) < 4.78 is 0. The molecule has 0 aromatic heterocycles. The molecular weight excluding hydrogens is 212 g/mol. The molecule has 0 heterocycles. The molecular formula is C15H15O2. The van der Waals surface area contributed by atoms with E-state index in [0.29, 0.717) is 6.42 Å². The number of aliphatic hydroxyl groups excluding tert-OH is 1.